The Kier molecular flexibility index (Phi) is 5.97. The van der Waals surface area contributed by atoms with Crippen LogP contribution >= 0.6 is 0 Å². The topological polar surface area (TPSA) is 79.0 Å². The van der Waals surface area contributed by atoms with Gasteiger partial charge in [-0.1, -0.05) is 18.2 Å². The van der Waals surface area contributed by atoms with E-state index in [0.717, 1.165) is 11.3 Å². The third-order valence-corrected chi connectivity index (χ3v) is 5.55. The number of aryl methyl sites for hydroxylation is 1. The number of amides is 1. The Bertz CT molecular complexity index is 640. The number of ether oxygens (including phenoxy) is 1. The lowest BCUT2D eigenvalue weighted by Crippen LogP contribution is -2.52. The van der Waals surface area contributed by atoms with Gasteiger partial charge in [-0.15, -0.1) is 0 Å². The van der Waals surface area contributed by atoms with E-state index in [-0.39, 0.29) is 5.91 Å². The Morgan fingerprint density at radius 2 is 1.87 bits per heavy atom. The molecule has 1 aliphatic rings. The highest BCUT2D eigenvalue weighted by atomic mass is 32.2. The second-order valence-electron chi connectivity index (χ2n) is 5.30. The number of hydrogen-bond acceptors (Lipinski definition) is 4. The molecule has 1 saturated heterocycles. The van der Waals surface area contributed by atoms with E-state index in [1.807, 2.05) is 24.3 Å². The monoisotopic (exact) mass is 341 g/mol. The van der Waals surface area contributed by atoms with E-state index in [1.54, 1.807) is 12.0 Å². The van der Waals surface area contributed by atoms with Crippen molar-refractivity contribution < 1.29 is 17.9 Å². The Morgan fingerprint density at radius 3 is 2.48 bits per heavy atom. The number of para-hydroxylation sites is 1. The minimum absolute atomic E-state index is 0.0393. The van der Waals surface area contributed by atoms with Crippen molar-refractivity contribution in [3.63, 3.8) is 0 Å². The molecule has 0 aliphatic carbocycles. The maximum atomic E-state index is 12.3. The standard InChI is InChI=1S/C15H23N3O4S/c1-16-23(20,21)18-11-9-17(10-12-18)15(19)8-7-13-5-3-4-6-14(13)22-2/h3-6,16H,7-12H2,1-2H3. The van der Waals surface area contributed by atoms with Crippen LogP contribution in [0.2, 0.25) is 0 Å². The van der Waals surface area contributed by atoms with Crippen molar-refractivity contribution in [3.8, 4) is 5.75 Å². The molecule has 1 fully saturated rings. The van der Waals surface area contributed by atoms with E-state index in [2.05, 4.69) is 4.72 Å². The fourth-order valence-corrected chi connectivity index (χ4v) is 3.52. The molecule has 1 N–H and O–H groups in total. The predicted octanol–water partition coefficient (Wildman–Crippen LogP) is 0.236. The lowest BCUT2D eigenvalue weighted by Gasteiger charge is -2.33. The first-order chi connectivity index (χ1) is 11.0. The van der Waals surface area contributed by atoms with Gasteiger partial charge in [-0.05, 0) is 18.1 Å². The lowest BCUT2D eigenvalue weighted by atomic mass is 10.1. The molecular formula is C15H23N3O4S. The van der Waals surface area contributed by atoms with Crippen LogP contribution < -0.4 is 9.46 Å². The number of carbonyl (C=O) groups is 1. The molecule has 1 aromatic rings. The number of carbonyl (C=O) groups excluding carboxylic acids is 1. The molecule has 1 aromatic carbocycles. The van der Waals surface area contributed by atoms with Crippen LogP contribution in [0, 0.1) is 0 Å². The van der Waals surface area contributed by atoms with Crippen molar-refractivity contribution >= 4 is 16.1 Å². The van der Waals surface area contributed by atoms with Crippen molar-refractivity contribution in [3.05, 3.63) is 29.8 Å². The highest BCUT2D eigenvalue weighted by Crippen LogP contribution is 2.19. The first-order valence-electron chi connectivity index (χ1n) is 7.56. The van der Waals surface area contributed by atoms with Crippen LogP contribution in [0.1, 0.15) is 12.0 Å². The zero-order chi connectivity index (χ0) is 16.9. The molecular weight excluding hydrogens is 318 g/mol. The third-order valence-electron chi connectivity index (χ3n) is 3.99. The molecule has 0 bridgehead atoms. The van der Waals surface area contributed by atoms with Crippen LogP contribution in [0.3, 0.4) is 0 Å². The molecule has 0 saturated carbocycles. The molecule has 8 heteroatoms. The van der Waals surface area contributed by atoms with Gasteiger partial charge < -0.3 is 9.64 Å². The summed E-state index contributed by atoms with van der Waals surface area (Å²) >= 11 is 0. The van der Waals surface area contributed by atoms with Crippen LogP contribution in [-0.4, -0.2) is 63.9 Å². The van der Waals surface area contributed by atoms with Gasteiger partial charge in [0.1, 0.15) is 5.75 Å². The number of hydrogen-bond donors (Lipinski definition) is 1. The predicted molar refractivity (Wildman–Crippen MR) is 87.4 cm³/mol. The zero-order valence-electron chi connectivity index (χ0n) is 13.5. The van der Waals surface area contributed by atoms with E-state index >= 15 is 0 Å². The summed E-state index contributed by atoms with van der Waals surface area (Å²) in [4.78, 5) is 14.0. The van der Waals surface area contributed by atoms with Crippen LogP contribution in [0.5, 0.6) is 5.75 Å². The Balaban J connectivity index is 1.86. The van der Waals surface area contributed by atoms with E-state index in [4.69, 9.17) is 4.74 Å². The molecule has 0 unspecified atom stereocenters. The van der Waals surface area contributed by atoms with Gasteiger partial charge in [0.2, 0.25) is 5.91 Å². The summed E-state index contributed by atoms with van der Waals surface area (Å²) in [5, 5.41) is 0. The SMILES string of the molecule is CNS(=O)(=O)N1CCN(C(=O)CCc2ccccc2OC)CC1. The average Bonchev–Trinajstić information content (AvgIpc) is 2.60. The van der Waals surface area contributed by atoms with Gasteiger partial charge in [0.05, 0.1) is 7.11 Å². The van der Waals surface area contributed by atoms with Crippen LogP contribution in [-0.2, 0) is 21.4 Å². The summed E-state index contributed by atoms with van der Waals surface area (Å²) in [6.45, 7) is 1.49. The molecule has 0 radical (unpaired) electrons. The van der Waals surface area contributed by atoms with Gasteiger partial charge in [0.25, 0.3) is 10.2 Å². The summed E-state index contributed by atoms with van der Waals surface area (Å²) in [5.74, 6) is 0.822. The number of methoxy groups -OCH3 is 1. The lowest BCUT2D eigenvalue weighted by molar-refractivity contribution is -0.132. The van der Waals surface area contributed by atoms with Gasteiger partial charge in [0, 0.05) is 39.6 Å². The fourth-order valence-electron chi connectivity index (χ4n) is 2.62. The first-order valence-corrected chi connectivity index (χ1v) is 9.00. The minimum atomic E-state index is -3.41. The fraction of sp³-hybridized carbons (Fsp3) is 0.533. The number of nitrogens with zero attached hydrogens (tertiary/aromatic N) is 2. The molecule has 1 amide bonds. The van der Waals surface area contributed by atoms with Gasteiger partial charge in [0.15, 0.2) is 0 Å². The Hall–Kier alpha value is -1.64. The second-order valence-corrected chi connectivity index (χ2v) is 7.18. The molecule has 23 heavy (non-hydrogen) atoms. The smallest absolute Gasteiger partial charge is 0.279 e. The molecule has 0 atom stereocenters. The number of rotatable bonds is 6. The van der Waals surface area contributed by atoms with Crippen molar-refractivity contribution in [1.82, 2.24) is 13.9 Å². The minimum Gasteiger partial charge on any atom is -0.496 e. The summed E-state index contributed by atoms with van der Waals surface area (Å²) in [5.41, 5.74) is 1.000. The Labute approximate surface area is 137 Å². The molecule has 2 rings (SSSR count). The highest BCUT2D eigenvalue weighted by Gasteiger charge is 2.27. The van der Waals surface area contributed by atoms with E-state index in [9.17, 15) is 13.2 Å². The van der Waals surface area contributed by atoms with E-state index < -0.39 is 10.2 Å². The van der Waals surface area contributed by atoms with Gasteiger partial charge in [-0.3, -0.25) is 4.79 Å². The molecule has 0 spiro atoms. The van der Waals surface area contributed by atoms with Gasteiger partial charge in [-0.25, -0.2) is 4.72 Å². The van der Waals surface area contributed by atoms with Crippen LogP contribution in [0.4, 0.5) is 0 Å². The van der Waals surface area contributed by atoms with Crippen molar-refractivity contribution in [2.45, 2.75) is 12.8 Å². The second kappa shape index (κ2) is 7.76. The maximum Gasteiger partial charge on any atom is 0.279 e. The highest BCUT2D eigenvalue weighted by molar-refractivity contribution is 7.87. The number of nitrogens with one attached hydrogen (secondary N) is 1. The molecule has 7 nitrogen and oxygen atoms in total. The summed E-state index contributed by atoms with van der Waals surface area (Å²) in [6, 6.07) is 7.64. The Morgan fingerprint density at radius 1 is 1.22 bits per heavy atom. The molecule has 1 heterocycles. The number of piperazine rings is 1. The van der Waals surface area contributed by atoms with Crippen molar-refractivity contribution in [2.75, 3.05) is 40.3 Å². The van der Waals surface area contributed by atoms with Gasteiger partial charge >= 0.3 is 0 Å². The average molecular weight is 341 g/mol. The van der Waals surface area contributed by atoms with E-state index in [1.165, 1.54) is 11.4 Å². The maximum absolute atomic E-state index is 12.3. The third kappa shape index (κ3) is 4.43. The summed E-state index contributed by atoms with van der Waals surface area (Å²) in [7, 11) is -0.404. The summed E-state index contributed by atoms with van der Waals surface area (Å²) in [6.07, 6.45) is 0.997. The normalized spacial score (nSPS) is 16.3. The molecule has 128 valence electrons. The van der Waals surface area contributed by atoms with Crippen LogP contribution in [0.25, 0.3) is 0 Å². The number of benzene rings is 1. The molecule has 0 aromatic heterocycles. The van der Waals surface area contributed by atoms with Crippen molar-refractivity contribution in [2.24, 2.45) is 0 Å². The quantitative estimate of drug-likeness (QED) is 0.804. The van der Waals surface area contributed by atoms with Crippen LogP contribution in [0.15, 0.2) is 24.3 Å². The summed E-state index contributed by atoms with van der Waals surface area (Å²) < 4.78 is 32.4. The van der Waals surface area contributed by atoms with E-state index in [0.29, 0.717) is 39.0 Å². The van der Waals surface area contributed by atoms with Crippen molar-refractivity contribution in [1.29, 1.82) is 0 Å². The van der Waals surface area contributed by atoms with Gasteiger partial charge in [-0.2, -0.15) is 12.7 Å². The largest absolute Gasteiger partial charge is 0.496 e. The molecule has 1 aliphatic heterocycles. The zero-order valence-corrected chi connectivity index (χ0v) is 14.3. The first kappa shape index (κ1) is 17.7.